The lowest BCUT2D eigenvalue weighted by atomic mass is 10.1. The molecule has 1 unspecified atom stereocenters. The topological polar surface area (TPSA) is 93.3 Å². The Balaban J connectivity index is 1.84. The molecule has 0 amide bonds. The minimum absolute atomic E-state index is 0.0749. The summed E-state index contributed by atoms with van der Waals surface area (Å²) < 4.78 is 41.7. The Hall–Kier alpha value is -1.49. The molecule has 4 atom stereocenters. The molecule has 7 nitrogen and oxygen atoms in total. The number of rotatable bonds is 3. The summed E-state index contributed by atoms with van der Waals surface area (Å²) >= 11 is 5.89. The van der Waals surface area contributed by atoms with E-state index in [4.69, 9.17) is 11.6 Å². The van der Waals surface area contributed by atoms with Gasteiger partial charge in [-0.3, -0.25) is 4.74 Å². The molecule has 1 fully saturated rings. The molecule has 0 spiro atoms. The van der Waals surface area contributed by atoms with Gasteiger partial charge in [-0.2, -0.15) is 0 Å². The van der Waals surface area contributed by atoms with Crippen molar-refractivity contribution >= 4 is 22.8 Å². The second kappa shape index (κ2) is 5.86. The lowest BCUT2D eigenvalue weighted by molar-refractivity contribution is -0.329. The van der Waals surface area contributed by atoms with Crippen molar-refractivity contribution in [3.05, 3.63) is 17.8 Å². The van der Waals surface area contributed by atoms with Gasteiger partial charge in [-0.25, -0.2) is 15.0 Å². The van der Waals surface area contributed by atoms with Gasteiger partial charge >= 0.3 is 6.36 Å². The number of alkyl halides is 3. The molecule has 2 aromatic heterocycles. The van der Waals surface area contributed by atoms with E-state index in [0.29, 0.717) is 11.2 Å². The lowest BCUT2D eigenvalue weighted by Crippen LogP contribution is -2.32. The average molecular weight is 353 g/mol. The lowest BCUT2D eigenvalue weighted by Gasteiger charge is -2.18. The number of hydrogen-bond acceptors (Lipinski definition) is 6. The molecule has 23 heavy (non-hydrogen) atoms. The number of hydrogen-bond donors (Lipinski definition) is 2. The number of aliphatic hydroxyl groups is 2. The Morgan fingerprint density at radius 2 is 2.00 bits per heavy atom. The summed E-state index contributed by atoms with van der Waals surface area (Å²) in [5.74, 6) is -0.869. The van der Waals surface area contributed by atoms with Crippen molar-refractivity contribution < 1.29 is 28.1 Å². The first-order valence-electron chi connectivity index (χ1n) is 6.68. The molecule has 126 valence electrons. The predicted octanol–water partition coefficient (Wildman–Crippen LogP) is 1.30. The zero-order valence-corrected chi connectivity index (χ0v) is 12.2. The van der Waals surface area contributed by atoms with E-state index in [1.54, 1.807) is 0 Å². The standard InChI is InChI=1S/C12H12ClF3N4O3/c13-10-7-11(18-3-17-10)20(4-19-7)6-1-5(8(21)9(6)22)2-23-12(14,15)16/h3-6,8-9,21-22H,1-2H2/t5?,6-,8-,9+/m1/s1. The van der Waals surface area contributed by atoms with Gasteiger partial charge in [-0.15, -0.1) is 13.2 Å². The Labute approximate surface area is 132 Å². The summed E-state index contributed by atoms with van der Waals surface area (Å²) in [6.45, 7) is -0.736. The largest absolute Gasteiger partial charge is 0.522 e. The molecule has 0 aliphatic heterocycles. The molecule has 0 radical (unpaired) electrons. The van der Waals surface area contributed by atoms with Gasteiger partial charge in [0.25, 0.3) is 0 Å². The predicted molar refractivity (Wildman–Crippen MR) is 71.5 cm³/mol. The highest BCUT2D eigenvalue weighted by Gasteiger charge is 2.44. The van der Waals surface area contributed by atoms with E-state index in [1.807, 2.05) is 0 Å². The van der Waals surface area contributed by atoms with Crippen LogP contribution in [-0.2, 0) is 4.74 Å². The zero-order chi connectivity index (χ0) is 16.8. The third-order valence-corrected chi connectivity index (χ3v) is 4.18. The molecule has 2 N–H and O–H groups in total. The van der Waals surface area contributed by atoms with Gasteiger partial charge in [0, 0.05) is 5.92 Å². The second-order valence-electron chi connectivity index (χ2n) is 5.29. The molecule has 11 heteroatoms. The Kier molecular flexibility index (Phi) is 4.17. The summed E-state index contributed by atoms with van der Waals surface area (Å²) in [7, 11) is 0. The summed E-state index contributed by atoms with van der Waals surface area (Å²) in [4.78, 5) is 11.8. The van der Waals surface area contributed by atoms with Gasteiger partial charge in [0.2, 0.25) is 0 Å². The molecular weight excluding hydrogens is 341 g/mol. The molecular formula is C12H12ClF3N4O3. The zero-order valence-electron chi connectivity index (χ0n) is 11.5. The summed E-state index contributed by atoms with van der Waals surface area (Å²) in [5, 5.41) is 20.2. The highest BCUT2D eigenvalue weighted by Crippen LogP contribution is 2.38. The van der Waals surface area contributed by atoms with Crippen molar-refractivity contribution in [3.63, 3.8) is 0 Å². The van der Waals surface area contributed by atoms with Crippen LogP contribution in [0.4, 0.5) is 13.2 Å². The minimum Gasteiger partial charge on any atom is -0.390 e. The third kappa shape index (κ3) is 3.11. The van der Waals surface area contributed by atoms with Crippen LogP contribution in [0.2, 0.25) is 5.15 Å². The van der Waals surface area contributed by atoms with Crippen LogP contribution in [0.25, 0.3) is 11.2 Å². The van der Waals surface area contributed by atoms with E-state index in [2.05, 4.69) is 19.7 Å². The van der Waals surface area contributed by atoms with Gasteiger partial charge in [0.1, 0.15) is 17.9 Å². The molecule has 0 bridgehead atoms. The average Bonchev–Trinajstić information content (AvgIpc) is 3.01. The smallest absolute Gasteiger partial charge is 0.390 e. The van der Waals surface area contributed by atoms with Gasteiger partial charge < -0.3 is 14.8 Å². The van der Waals surface area contributed by atoms with Crippen molar-refractivity contribution in [3.8, 4) is 0 Å². The van der Waals surface area contributed by atoms with Gasteiger partial charge in [0.05, 0.1) is 25.1 Å². The van der Waals surface area contributed by atoms with E-state index < -0.39 is 37.1 Å². The maximum absolute atomic E-state index is 12.1. The van der Waals surface area contributed by atoms with Crippen LogP contribution in [-0.4, -0.2) is 54.9 Å². The van der Waals surface area contributed by atoms with Crippen LogP contribution in [0.3, 0.4) is 0 Å². The maximum atomic E-state index is 12.1. The first kappa shape index (κ1) is 16.4. The molecule has 0 aromatic carbocycles. The number of aromatic nitrogens is 4. The van der Waals surface area contributed by atoms with Crippen molar-refractivity contribution in [2.75, 3.05) is 6.61 Å². The molecule has 1 saturated carbocycles. The highest BCUT2D eigenvalue weighted by atomic mass is 35.5. The van der Waals surface area contributed by atoms with Gasteiger partial charge in [0.15, 0.2) is 10.8 Å². The fraction of sp³-hybridized carbons (Fsp3) is 0.583. The first-order chi connectivity index (χ1) is 10.8. The highest BCUT2D eigenvalue weighted by molar-refractivity contribution is 6.33. The van der Waals surface area contributed by atoms with Crippen LogP contribution in [0.5, 0.6) is 0 Å². The molecule has 1 aliphatic carbocycles. The van der Waals surface area contributed by atoms with E-state index in [1.165, 1.54) is 17.2 Å². The number of nitrogens with zero attached hydrogens (tertiary/aromatic N) is 4. The van der Waals surface area contributed by atoms with Crippen molar-refractivity contribution in [1.29, 1.82) is 0 Å². The Bertz CT molecular complexity index is 710. The van der Waals surface area contributed by atoms with E-state index >= 15 is 0 Å². The second-order valence-corrected chi connectivity index (χ2v) is 5.65. The summed E-state index contributed by atoms with van der Waals surface area (Å²) in [6, 6.07) is -0.692. The third-order valence-electron chi connectivity index (χ3n) is 3.90. The number of imidazole rings is 1. The summed E-state index contributed by atoms with van der Waals surface area (Å²) in [6.07, 6.45) is -4.76. The Morgan fingerprint density at radius 1 is 1.26 bits per heavy atom. The van der Waals surface area contributed by atoms with Crippen molar-refractivity contribution in [1.82, 2.24) is 19.5 Å². The fourth-order valence-electron chi connectivity index (χ4n) is 2.81. The minimum atomic E-state index is -4.79. The molecule has 3 rings (SSSR count). The normalized spacial score (nSPS) is 28.6. The van der Waals surface area contributed by atoms with Gasteiger partial charge in [-0.1, -0.05) is 11.6 Å². The number of aliphatic hydroxyl groups excluding tert-OH is 2. The van der Waals surface area contributed by atoms with E-state index in [-0.39, 0.29) is 11.6 Å². The van der Waals surface area contributed by atoms with E-state index in [0.717, 1.165) is 0 Å². The maximum Gasteiger partial charge on any atom is 0.522 e. The summed E-state index contributed by atoms with van der Waals surface area (Å²) in [5.41, 5.74) is 0.643. The SMILES string of the molecule is O[C@@H]1[C@H](O)C(COC(F)(F)F)C[C@H]1n1cnc2c(Cl)ncnc21. The van der Waals surface area contributed by atoms with Crippen molar-refractivity contribution in [2.45, 2.75) is 31.0 Å². The Morgan fingerprint density at radius 3 is 2.70 bits per heavy atom. The fourth-order valence-corrected chi connectivity index (χ4v) is 2.98. The van der Waals surface area contributed by atoms with Crippen LogP contribution < -0.4 is 0 Å². The molecule has 2 aromatic rings. The van der Waals surface area contributed by atoms with Crippen molar-refractivity contribution in [2.24, 2.45) is 5.92 Å². The van der Waals surface area contributed by atoms with Gasteiger partial charge in [-0.05, 0) is 6.42 Å². The van der Waals surface area contributed by atoms with E-state index in [9.17, 15) is 23.4 Å². The van der Waals surface area contributed by atoms with Crippen LogP contribution in [0, 0.1) is 5.92 Å². The van der Waals surface area contributed by atoms with Crippen LogP contribution in [0.15, 0.2) is 12.7 Å². The molecule has 2 heterocycles. The first-order valence-corrected chi connectivity index (χ1v) is 7.05. The van der Waals surface area contributed by atoms with Crippen LogP contribution in [0.1, 0.15) is 12.5 Å². The quantitative estimate of drug-likeness (QED) is 0.809. The molecule has 1 aliphatic rings. The number of ether oxygens (including phenoxy) is 1. The number of fused-ring (bicyclic) bond motifs is 1. The monoisotopic (exact) mass is 352 g/mol. The number of halogens is 4. The van der Waals surface area contributed by atoms with Crippen LogP contribution >= 0.6 is 11.6 Å². The molecule has 0 saturated heterocycles.